The number of rotatable bonds is 6. The van der Waals surface area contributed by atoms with Crippen LogP contribution in [0.2, 0.25) is 0 Å². The summed E-state index contributed by atoms with van der Waals surface area (Å²) in [6.07, 6.45) is 0.791. The van der Waals surface area contributed by atoms with E-state index < -0.39 is 15.8 Å². The molecule has 0 radical (unpaired) electrons. The van der Waals surface area contributed by atoms with Gasteiger partial charge in [0.2, 0.25) is 15.9 Å². The summed E-state index contributed by atoms with van der Waals surface area (Å²) in [6, 6.07) is 10.9. The number of methoxy groups -OCH3 is 1. The van der Waals surface area contributed by atoms with Crippen LogP contribution in [0.4, 0.5) is 10.1 Å². The average molecular weight is 435 g/mol. The summed E-state index contributed by atoms with van der Waals surface area (Å²) in [6.45, 7) is 4.47. The quantitative estimate of drug-likeness (QED) is 0.746. The number of carbonyl (C=O) groups is 1. The molecule has 1 saturated heterocycles. The molecule has 162 valence electrons. The molecular weight excluding hydrogens is 407 g/mol. The molecule has 0 unspecified atom stereocenters. The van der Waals surface area contributed by atoms with Crippen molar-refractivity contribution in [3.8, 4) is 5.75 Å². The normalized spacial score (nSPS) is 15.9. The first-order valence-electron chi connectivity index (χ1n) is 9.97. The molecule has 0 spiro atoms. The second kappa shape index (κ2) is 9.14. The number of amides is 1. The zero-order valence-electron chi connectivity index (χ0n) is 17.4. The Bertz CT molecular complexity index is 1020. The molecule has 3 rings (SSSR count). The Morgan fingerprint density at radius 1 is 1.17 bits per heavy atom. The minimum absolute atomic E-state index is 0.152. The molecule has 6 nitrogen and oxygen atoms in total. The van der Waals surface area contributed by atoms with Crippen LogP contribution in [0, 0.1) is 11.7 Å². The van der Waals surface area contributed by atoms with Gasteiger partial charge in [0.1, 0.15) is 16.5 Å². The van der Waals surface area contributed by atoms with Crippen LogP contribution >= 0.6 is 0 Å². The number of hydrogen-bond donors (Lipinski definition) is 1. The van der Waals surface area contributed by atoms with E-state index >= 15 is 0 Å². The summed E-state index contributed by atoms with van der Waals surface area (Å²) in [7, 11) is -2.30. The van der Waals surface area contributed by atoms with Crippen LogP contribution in [-0.4, -0.2) is 38.8 Å². The average Bonchev–Trinajstić information content (AvgIpc) is 2.73. The number of carbonyl (C=O) groups excluding carboxylic acids is 1. The van der Waals surface area contributed by atoms with Gasteiger partial charge in [-0.1, -0.05) is 26.0 Å². The smallest absolute Gasteiger partial charge is 0.246 e. The maximum Gasteiger partial charge on any atom is 0.246 e. The summed E-state index contributed by atoms with van der Waals surface area (Å²) >= 11 is 0. The van der Waals surface area contributed by atoms with Crippen molar-refractivity contribution in [3.63, 3.8) is 0 Å². The van der Waals surface area contributed by atoms with Gasteiger partial charge in [0.05, 0.1) is 7.11 Å². The summed E-state index contributed by atoms with van der Waals surface area (Å²) in [5, 5.41) is 2.71. The van der Waals surface area contributed by atoms with Crippen LogP contribution in [0.15, 0.2) is 47.4 Å². The molecule has 1 heterocycles. The lowest BCUT2D eigenvalue weighted by atomic mass is 9.97. The molecule has 0 aromatic heterocycles. The summed E-state index contributed by atoms with van der Waals surface area (Å²) in [4.78, 5) is 12.7. The van der Waals surface area contributed by atoms with Crippen molar-refractivity contribution < 1.29 is 22.3 Å². The Balaban J connectivity index is 1.71. The van der Waals surface area contributed by atoms with E-state index in [1.807, 2.05) is 19.9 Å². The van der Waals surface area contributed by atoms with Gasteiger partial charge in [-0.25, -0.2) is 12.8 Å². The lowest BCUT2D eigenvalue weighted by Gasteiger charge is -2.31. The molecule has 0 atom stereocenters. The van der Waals surface area contributed by atoms with Crippen LogP contribution in [0.3, 0.4) is 0 Å². The van der Waals surface area contributed by atoms with Gasteiger partial charge in [-0.2, -0.15) is 4.31 Å². The van der Waals surface area contributed by atoms with Crippen molar-refractivity contribution in [2.24, 2.45) is 5.92 Å². The van der Waals surface area contributed by atoms with Crippen LogP contribution in [0.1, 0.15) is 38.2 Å². The van der Waals surface area contributed by atoms with E-state index in [9.17, 15) is 17.6 Å². The lowest BCUT2D eigenvalue weighted by Crippen LogP contribution is -2.41. The Morgan fingerprint density at radius 3 is 2.47 bits per heavy atom. The molecule has 0 aliphatic carbocycles. The highest BCUT2D eigenvalue weighted by molar-refractivity contribution is 7.89. The summed E-state index contributed by atoms with van der Waals surface area (Å²) < 4.78 is 46.5. The van der Waals surface area contributed by atoms with Crippen molar-refractivity contribution in [2.45, 2.75) is 37.5 Å². The van der Waals surface area contributed by atoms with E-state index in [1.54, 1.807) is 18.2 Å². The Kier molecular flexibility index (Phi) is 6.77. The molecule has 0 saturated carbocycles. The third-order valence-electron chi connectivity index (χ3n) is 5.39. The van der Waals surface area contributed by atoms with Gasteiger partial charge < -0.3 is 10.1 Å². The number of nitrogens with zero attached hydrogens (tertiary/aromatic N) is 1. The van der Waals surface area contributed by atoms with Crippen molar-refractivity contribution in [3.05, 3.63) is 53.8 Å². The maximum absolute atomic E-state index is 13.3. The molecular formula is C22H27FN2O4S. The van der Waals surface area contributed by atoms with Gasteiger partial charge in [0.25, 0.3) is 0 Å². The van der Waals surface area contributed by atoms with Crippen molar-refractivity contribution in [1.82, 2.24) is 4.31 Å². The van der Waals surface area contributed by atoms with Gasteiger partial charge in [-0.3, -0.25) is 4.79 Å². The fraction of sp³-hybridized carbons (Fsp3) is 0.409. The van der Waals surface area contributed by atoms with E-state index in [0.717, 1.165) is 5.56 Å². The zero-order valence-corrected chi connectivity index (χ0v) is 18.2. The zero-order chi connectivity index (χ0) is 21.9. The Labute approximate surface area is 177 Å². The minimum atomic E-state index is -3.75. The van der Waals surface area contributed by atoms with E-state index in [-0.39, 0.29) is 35.7 Å². The minimum Gasteiger partial charge on any atom is -0.495 e. The van der Waals surface area contributed by atoms with Gasteiger partial charge >= 0.3 is 0 Å². The molecule has 8 heteroatoms. The van der Waals surface area contributed by atoms with Gasteiger partial charge in [0, 0.05) is 24.7 Å². The monoisotopic (exact) mass is 434 g/mol. The first-order chi connectivity index (χ1) is 14.2. The first-order valence-corrected chi connectivity index (χ1v) is 11.4. The Hall–Kier alpha value is -2.45. The SMILES string of the molecule is COc1ccc(C(C)C)cc1S(=O)(=O)N1CCC(C(=O)Nc2cccc(F)c2)CC1. The number of nitrogens with one attached hydrogen (secondary N) is 1. The second-order valence-electron chi connectivity index (χ2n) is 7.74. The summed E-state index contributed by atoms with van der Waals surface area (Å²) in [5.74, 6) is -0.487. The molecule has 2 aromatic rings. The van der Waals surface area contributed by atoms with Crippen LogP contribution in [0.25, 0.3) is 0 Å². The fourth-order valence-electron chi connectivity index (χ4n) is 3.56. The number of anilines is 1. The van der Waals surface area contributed by atoms with Crippen LogP contribution < -0.4 is 10.1 Å². The summed E-state index contributed by atoms with van der Waals surface area (Å²) in [5.41, 5.74) is 1.31. The fourth-order valence-corrected chi connectivity index (χ4v) is 5.22. The number of sulfonamides is 1. The molecule has 1 fully saturated rings. The molecule has 1 aliphatic rings. The van der Waals surface area contributed by atoms with Gasteiger partial charge in [-0.05, 0) is 54.7 Å². The van der Waals surface area contributed by atoms with Crippen LogP contribution in [0.5, 0.6) is 5.75 Å². The van der Waals surface area contributed by atoms with E-state index in [1.165, 1.54) is 29.6 Å². The third kappa shape index (κ3) is 4.82. The van der Waals surface area contributed by atoms with E-state index in [4.69, 9.17) is 4.74 Å². The third-order valence-corrected chi connectivity index (χ3v) is 7.31. The van der Waals surface area contributed by atoms with Crippen molar-refractivity contribution in [2.75, 3.05) is 25.5 Å². The Morgan fingerprint density at radius 2 is 1.87 bits per heavy atom. The molecule has 0 bridgehead atoms. The predicted octanol–water partition coefficient (Wildman–Crippen LogP) is 4.00. The molecule has 1 N–H and O–H groups in total. The van der Waals surface area contributed by atoms with Crippen molar-refractivity contribution in [1.29, 1.82) is 0 Å². The number of ether oxygens (including phenoxy) is 1. The standard InChI is InChI=1S/C22H27FN2O4S/c1-15(2)17-7-8-20(29-3)21(13-17)30(27,28)25-11-9-16(10-12-25)22(26)24-19-6-4-5-18(23)14-19/h4-8,13-16H,9-12H2,1-3H3,(H,24,26). The highest BCUT2D eigenvalue weighted by atomic mass is 32.2. The molecule has 30 heavy (non-hydrogen) atoms. The second-order valence-corrected chi connectivity index (χ2v) is 9.65. The highest BCUT2D eigenvalue weighted by Gasteiger charge is 2.34. The largest absolute Gasteiger partial charge is 0.495 e. The van der Waals surface area contributed by atoms with Crippen LogP contribution in [-0.2, 0) is 14.8 Å². The first kappa shape index (κ1) is 22.2. The number of halogens is 1. The molecule has 1 amide bonds. The van der Waals surface area contributed by atoms with E-state index in [0.29, 0.717) is 24.3 Å². The van der Waals surface area contributed by atoms with Gasteiger partial charge in [-0.15, -0.1) is 0 Å². The predicted molar refractivity (Wildman–Crippen MR) is 114 cm³/mol. The number of hydrogen-bond acceptors (Lipinski definition) is 4. The maximum atomic E-state index is 13.3. The van der Waals surface area contributed by atoms with E-state index in [2.05, 4.69) is 5.32 Å². The number of piperidine rings is 1. The molecule has 1 aliphatic heterocycles. The number of benzene rings is 2. The van der Waals surface area contributed by atoms with Gasteiger partial charge in [0.15, 0.2) is 0 Å². The highest BCUT2D eigenvalue weighted by Crippen LogP contribution is 2.32. The topological polar surface area (TPSA) is 75.7 Å². The van der Waals surface area contributed by atoms with Crippen molar-refractivity contribution >= 4 is 21.6 Å². The lowest BCUT2D eigenvalue weighted by molar-refractivity contribution is -0.120. The molecule has 2 aromatic carbocycles.